The molecule has 2 aromatic rings. The largest absolute Gasteiger partial charge is 0.266 e. The molecule has 0 amide bonds. The van der Waals surface area contributed by atoms with Crippen LogP contribution in [0.15, 0.2) is 18.2 Å². The molecule has 0 unspecified atom stereocenters. The van der Waals surface area contributed by atoms with Crippen LogP contribution in [0, 0.1) is 32.1 Å². The van der Waals surface area contributed by atoms with Gasteiger partial charge in [0.25, 0.3) is 0 Å². The molecule has 1 aromatic carbocycles. The van der Waals surface area contributed by atoms with Gasteiger partial charge in [-0.3, -0.25) is 4.68 Å². The van der Waals surface area contributed by atoms with Gasteiger partial charge >= 0.3 is 0 Å². The van der Waals surface area contributed by atoms with Crippen molar-refractivity contribution in [3.05, 3.63) is 40.6 Å². The second-order valence-corrected chi connectivity index (χ2v) is 5.24. The fourth-order valence-corrected chi connectivity index (χ4v) is 2.31. The van der Waals surface area contributed by atoms with Gasteiger partial charge in [-0.15, -0.1) is 0 Å². The Morgan fingerprint density at radius 1 is 1.21 bits per heavy atom. The van der Waals surface area contributed by atoms with Crippen molar-refractivity contribution in [1.82, 2.24) is 9.78 Å². The summed E-state index contributed by atoms with van der Waals surface area (Å²) >= 11 is 0. The van der Waals surface area contributed by atoms with Crippen molar-refractivity contribution in [2.45, 2.75) is 40.7 Å². The third-order valence-corrected chi connectivity index (χ3v) is 3.56. The maximum absolute atomic E-state index is 8.99. The molecule has 0 atom stereocenters. The molecule has 19 heavy (non-hydrogen) atoms. The van der Waals surface area contributed by atoms with E-state index in [4.69, 9.17) is 10.4 Å². The van der Waals surface area contributed by atoms with Crippen LogP contribution in [0.1, 0.15) is 42.3 Å². The summed E-state index contributed by atoms with van der Waals surface area (Å²) in [6.07, 6.45) is 0. The summed E-state index contributed by atoms with van der Waals surface area (Å²) in [5, 5.41) is 13.7. The molecule has 0 radical (unpaired) electrons. The molecule has 3 heteroatoms. The van der Waals surface area contributed by atoms with Crippen molar-refractivity contribution in [2.24, 2.45) is 0 Å². The van der Waals surface area contributed by atoms with Crippen molar-refractivity contribution in [3.63, 3.8) is 0 Å². The van der Waals surface area contributed by atoms with Gasteiger partial charge in [-0.2, -0.15) is 10.4 Å². The van der Waals surface area contributed by atoms with E-state index in [1.54, 1.807) is 0 Å². The van der Waals surface area contributed by atoms with E-state index in [0.29, 0.717) is 6.04 Å². The molecule has 3 nitrogen and oxygen atoms in total. The van der Waals surface area contributed by atoms with Crippen LogP contribution in [0.3, 0.4) is 0 Å². The summed E-state index contributed by atoms with van der Waals surface area (Å²) in [7, 11) is 0. The third-order valence-electron chi connectivity index (χ3n) is 3.56. The lowest BCUT2D eigenvalue weighted by molar-refractivity contribution is 0.520. The lowest BCUT2D eigenvalue weighted by Crippen LogP contribution is -2.04. The summed E-state index contributed by atoms with van der Waals surface area (Å²) < 4.78 is 2.05. The van der Waals surface area contributed by atoms with Crippen LogP contribution in [-0.2, 0) is 0 Å². The maximum Gasteiger partial charge on any atom is 0.0994 e. The first-order valence-electron chi connectivity index (χ1n) is 6.52. The van der Waals surface area contributed by atoms with Crippen LogP contribution < -0.4 is 0 Å². The summed E-state index contributed by atoms with van der Waals surface area (Å²) in [4.78, 5) is 0. The van der Waals surface area contributed by atoms with Crippen molar-refractivity contribution >= 4 is 0 Å². The predicted octanol–water partition coefficient (Wildman–Crippen LogP) is 3.93. The zero-order chi connectivity index (χ0) is 14.2. The van der Waals surface area contributed by atoms with Gasteiger partial charge in [-0.25, -0.2) is 0 Å². The van der Waals surface area contributed by atoms with Crippen LogP contribution in [0.25, 0.3) is 11.3 Å². The molecule has 1 heterocycles. The molecular weight excluding hydrogens is 234 g/mol. The van der Waals surface area contributed by atoms with Crippen molar-refractivity contribution in [3.8, 4) is 17.3 Å². The quantitative estimate of drug-likeness (QED) is 0.813. The van der Waals surface area contributed by atoms with E-state index in [1.807, 2.05) is 25.1 Å². The molecule has 0 fully saturated rings. The molecule has 98 valence electrons. The average molecular weight is 253 g/mol. The Hall–Kier alpha value is -2.08. The van der Waals surface area contributed by atoms with Gasteiger partial charge in [-0.1, -0.05) is 6.07 Å². The zero-order valence-corrected chi connectivity index (χ0v) is 12.2. The number of nitrogens with zero attached hydrogens (tertiary/aromatic N) is 3. The number of benzene rings is 1. The number of hydrogen-bond acceptors (Lipinski definition) is 2. The third kappa shape index (κ3) is 2.26. The first kappa shape index (κ1) is 13.4. The number of nitriles is 1. The first-order chi connectivity index (χ1) is 8.95. The molecular formula is C16H19N3. The molecule has 0 N–H and O–H groups in total. The van der Waals surface area contributed by atoms with Gasteiger partial charge in [0.2, 0.25) is 0 Å². The average Bonchev–Trinajstić information content (AvgIpc) is 2.66. The lowest BCUT2D eigenvalue weighted by Gasteiger charge is -2.07. The number of aromatic nitrogens is 2. The molecule has 1 aromatic heterocycles. The number of rotatable bonds is 2. The molecule has 0 saturated carbocycles. The van der Waals surface area contributed by atoms with Crippen LogP contribution >= 0.6 is 0 Å². The van der Waals surface area contributed by atoms with Gasteiger partial charge < -0.3 is 0 Å². The summed E-state index contributed by atoms with van der Waals surface area (Å²) in [5.41, 5.74) is 6.22. The molecule has 2 rings (SSSR count). The van der Waals surface area contributed by atoms with Crippen LogP contribution in [0.5, 0.6) is 0 Å². The molecule has 0 spiro atoms. The van der Waals surface area contributed by atoms with E-state index in [-0.39, 0.29) is 0 Å². The molecule has 0 aliphatic rings. The van der Waals surface area contributed by atoms with Gasteiger partial charge in [0.15, 0.2) is 0 Å². The van der Waals surface area contributed by atoms with Crippen molar-refractivity contribution in [1.29, 1.82) is 5.26 Å². The first-order valence-corrected chi connectivity index (χ1v) is 6.52. The Balaban J connectivity index is 2.57. The van der Waals surface area contributed by atoms with Gasteiger partial charge in [0, 0.05) is 17.3 Å². The highest BCUT2D eigenvalue weighted by atomic mass is 15.3. The highest BCUT2D eigenvalue weighted by molar-refractivity contribution is 5.66. The fraction of sp³-hybridized carbons (Fsp3) is 0.375. The minimum atomic E-state index is 0.354. The van der Waals surface area contributed by atoms with Crippen molar-refractivity contribution in [2.75, 3.05) is 0 Å². The fourth-order valence-electron chi connectivity index (χ4n) is 2.31. The smallest absolute Gasteiger partial charge is 0.0994 e. The monoisotopic (exact) mass is 253 g/mol. The number of hydrogen-bond donors (Lipinski definition) is 0. The lowest BCUT2D eigenvalue weighted by atomic mass is 10.0. The van der Waals surface area contributed by atoms with Gasteiger partial charge in [-0.05, 0) is 57.9 Å². The van der Waals surface area contributed by atoms with Gasteiger partial charge in [0.05, 0.1) is 17.3 Å². The molecule has 0 saturated heterocycles. The minimum Gasteiger partial charge on any atom is -0.266 e. The van der Waals surface area contributed by atoms with E-state index in [2.05, 4.69) is 38.4 Å². The van der Waals surface area contributed by atoms with E-state index >= 15 is 0 Å². The maximum atomic E-state index is 8.99. The Bertz CT molecular complexity index is 657. The van der Waals surface area contributed by atoms with Crippen LogP contribution in [0.4, 0.5) is 0 Å². The topological polar surface area (TPSA) is 41.6 Å². The van der Waals surface area contributed by atoms with Crippen LogP contribution in [0.2, 0.25) is 0 Å². The van der Waals surface area contributed by atoms with E-state index < -0.39 is 0 Å². The highest BCUT2D eigenvalue weighted by Gasteiger charge is 2.14. The van der Waals surface area contributed by atoms with Gasteiger partial charge in [0.1, 0.15) is 0 Å². The summed E-state index contributed by atoms with van der Waals surface area (Å²) in [5.74, 6) is 0. The normalized spacial score (nSPS) is 10.8. The zero-order valence-electron chi connectivity index (χ0n) is 12.2. The SMILES string of the molecule is Cc1cc(-c2nn(C(C)C)c(C)c2C)ccc1C#N. The van der Waals surface area contributed by atoms with E-state index in [9.17, 15) is 0 Å². The standard InChI is InChI=1S/C16H19N3/c1-10(2)19-13(5)12(4)16(18-19)14-6-7-15(9-17)11(3)8-14/h6-8,10H,1-5H3. The second-order valence-electron chi connectivity index (χ2n) is 5.24. The molecule has 0 aliphatic heterocycles. The Kier molecular flexibility index (Phi) is 3.44. The Labute approximate surface area is 114 Å². The number of aryl methyl sites for hydroxylation is 1. The Morgan fingerprint density at radius 2 is 1.89 bits per heavy atom. The molecule has 0 aliphatic carbocycles. The van der Waals surface area contributed by atoms with Crippen molar-refractivity contribution < 1.29 is 0 Å². The summed E-state index contributed by atoms with van der Waals surface area (Å²) in [6.45, 7) is 10.4. The highest BCUT2D eigenvalue weighted by Crippen LogP contribution is 2.27. The second kappa shape index (κ2) is 4.89. The predicted molar refractivity (Wildman–Crippen MR) is 77.0 cm³/mol. The molecule has 0 bridgehead atoms. The minimum absolute atomic E-state index is 0.354. The van der Waals surface area contributed by atoms with E-state index in [0.717, 1.165) is 22.4 Å². The van der Waals surface area contributed by atoms with Crippen LogP contribution in [-0.4, -0.2) is 9.78 Å². The summed E-state index contributed by atoms with van der Waals surface area (Å²) in [6, 6.07) is 8.44. The Morgan fingerprint density at radius 3 is 2.37 bits per heavy atom. The van der Waals surface area contributed by atoms with E-state index in [1.165, 1.54) is 11.3 Å².